The van der Waals surface area contributed by atoms with Crippen LogP contribution in [0.25, 0.3) is 0 Å². The van der Waals surface area contributed by atoms with Crippen molar-refractivity contribution in [2.24, 2.45) is 0 Å². The summed E-state index contributed by atoms with van der Waals surface area (Å²) in [4.78, 5) is 0.990. The van der Waals surface area contributed by atoms with E-state index in [1.807, 2.05) is 6.07 Å². The first kappa shape index (κ1) is 12.6. The average molecular weight is 271 g/mol. The van der Waals surface area contributed by atoms with Gasteiger partial charge in [0.1, 0.15) is 5.82 Å². The van der Waals surface area contributed by atoms with Crippen LogP contribution in [-0.4, -0.2) is 5.11 Å². The second-order valence-electron chi connectivity index (χ2n) is 3.99. The Hall–Kier alpha value is -0.900. The van der Waals surface area contributed by atoms with Gasteiger partial charge in [0.2, 0.25) is 0 Å². The van der Waals surface area contributed by atoms with Crippen molar-refractivity contribution in [3.8, 4) is 0 Å². The molecule has 4 heteroatoms. The number of aliphatic hydroxyl groups is 1. The van der Waals surface area contributed by atoms with Crippen LogP contribution < -0.4 is 0 Å². The molecule has 0 bridgehead atoms. The van der Waals surface area contributed by atoms with Crippen molar-refractivity contribution in [1.29, 1.82) is 0 Å². The molecule has 1 atom stereocenters. The van der Waals surface area contributed by atoms with Crippen LogP contribution in [0.15, 0.2) is 30.3 Å². The molecule has 1 aromatic carbocycles. The molecule has 0 radical (unpaired) electrons. The second-order valence-corrected chi connectivity index (χ2v) is 5.79. The van der Waals surface area contributed by atoms with Gasteiger partial charge in [0.15, 0.2) is 0 Å². The maximum Gasteiger partial charge on any atom is 0.123 e. The largest absolute Gasteiger partial charge is 0.388 e. The summed E-state index contributed by atoms with van der Waals surface area (Å²) in [6, 6.07) is 8.28. The lowest BCUT2D eigenvalue weighted by molar-refractivity contribution is 0.179. The van der Waals surface area contributed by atoms with Gasteiger partial charge < -0.3 is 5.11 Å². The molecule has 0 aliphatic heterocycles. The maximum absolute atomic E-state index is 13.2. The molecule has 1 unspecified atom stereocenters. The van der Waals surface area contributed by atoms with E-state index in [1.54, 1.807) is 19.1 Å². The molecular weight excluding hydrogens is 259 g/mol. The minimum absolute atomic E-state index is 0.316. The van der Waals surface area contributed by atoms with Gasteiger partial charge in [-0.3, -0.25) is 0 Å². The van der Waals surface area contributed by atoms with E-state index in [9.17, 15) is 9.50 Å². The van der Waals surface area contributed by atoms with Gasteiger partial charge in [-0.25, -0.2) is 4.39 Å². The fraction of sp³-hybridized carbons (Fsp3) is 0.231. The summed E-state index contributed by atoms with van der Waals surface area (Å²) in [6.07, 6.45) is -0.237. The van der Waals surface area contributed by atoms with Gasteiger partial charge in [-0.05, 0) is 42.3 Å². The first-order valence-electron chi connectivity index (χ1n) is 5.24. The number of aliphatic hydroxyl groups excluding tert-OH is 1. The van der Waals surface area contributed by atoms with Gasteiger partial charge >= 0.3 is 0 Å². The van der Waals surface area contributed by atoms with E-state index in [0.29, 0.717) is 16.3 Å². The fourth-order valence-corrected chi connectivity index (χ4v) is 2.85. The highest BCUT2D eigenvalue weighted by atomic mass is 35.5. The zero-order valence-electron chi connectivity index (χ0n) is 9.28. The molecule has 1 nitrogen and oxygen atoms in total. The highest BCUT2D eigenvalue weighted by Gasteiger charge is 2.11. The topological polar surface area (TPSA) is 20.2 Å². The normalized spacial score (nSPS) is 12.7. The highest BCUT2D eigenvalue weighted by Crippen LogP contribution is 2.27. The summed E-state index contributed by atoms with van der Waals surface area (Å²) in [5.41, 5.74) is 1.41. The highest BCUT2D eigenvalue weighted by molar-refractivity contribution is 7.16. The SMILES string of the molecule is Cc1cc(F)cc(C(O)Cc2ccc(Cl)s2)c1. The predicted molar refractivity (Wildman–Crippen MR) is 69.1 cm³/mol. The molecule has 1 N–H and O–H groups in total. The maximum atomic E-state index is 13.2. The summed E-state index contributed by atoms with van der Waals surface area (Å²) in [5, 5.41) is 10.0. The average Bonchev–Trinajstić information content (AvgIpc) is 2.62. The van der Waals surface area contributed by atoms with Crippen molar-refractivity contribution in [3.63, 3.8) is 0 Å². The fourth-order valence-electron chi connectivity index (χ4n) is 1.73. The Bertz CT molecular complexity index is 504. The smallest absolute Gasteiger partial charge is 0.123 e. The molecule has 1 heterocycles. The van der Waals surface area contributed by atoms with Crippen LogP contribution in [0, 0.1) is 12.7 Å². The predicted octanol–water partition coefficient (Wildman–Crippen LogP) is 4.13. The van der Waals surface area contributed by atoms with Crippen LogP contribution in [0.3, 0.4) is 0 Å². The van der Waals surface area contributed by atoms with Gasteiger partial charge in [0, 0.05) is 11.3 Å². The van der Waals surface area contributed by atoms with Gasteiger partial charge in [0.05, 0.1) is 10.4 Å². The quantitative estimate of drug-likeness (QED) is 0.889. The van der Waals surface area contributed by atoms with Crippen LogP contribution >= 0.6 is 22.9 Å². The summed E-state index contributed by atoms with van der Waals surface area (Å²) >= 11 is 7.25. The van der Waals surface area contributed by atoms with Crippen LogP contribution in [0.4, 0.5) is 4.39 Å². The van der Waals surface area contributed by atoms with E-state index >= 15 is 0 Å². The lowest BCUT2D eigenvalue weighted by atomic mass is 10.0. The summed E-state index contributed by atoms with van der Waals surface area (Å²) < 4.78 is 13.9. The molecule has 0 saturated heterocycles. The molecule has 0 aliphatic rings. The molecule has 0 saturated carbocycles. The van der Waals surface area contributed by atoms with Crippen LogP contribution in [-0.2, 0) is 6.42 Å². The number of rotatable bonds is 3. The standard InChI is InChI=1S/C13H12ClFOS/c1-8-4-9(6-10(15)5-8)12(16)7-11-2-3-13(14)17-11/h2-6,12,16H,7H2,1H3. The van der Waals surface area contributed by atoms with E-state index in [-0.39, 0.29) is 5.82 Å². The minimum atomic E-state index is -0.695. The molecule has 0 spiro atoms. The number of halogens is 2. The molecule has 17 heavy (non-hydrogen) atoms. The van der Waals surface area contributed by atoms with Crippen molar-refractivity contribution in [2.45, 2.75) is 19.4 Å². The monoisotopic (exact) mass is 270 g/mol. The van der Waals surface area contributed by atoms with Crippen molar-refractivity contribution >= 4 is 22.9 Å². The Morgan fingerprint density at radius 1 is 1.35 bits per heavy atom. The van der Waals surface area contributed by atoms with E-state index in [0.717, 1.165) is 10.4 Å². The first-order chi connectivity index (χ1) is 8.04. The molecule has 2 rings (SSSR count). The third-order valence-corrected chi connectivity index (χ3v) is 3.73. The number of benzene rings is 1. The third kappa shape index (κ3) is 3.28. The van der Waals surface area contributed by atoms with E-state index in [4.69, 9.17) is 11.6 Å². The molecule has 90 valence electrons. The number of hydrogen-bond donors (Lipinski definition) is 1. The van der Waals surface area contributed by atoms with Crippen molar-refractivity contribution in [1.82, 2.24) is 0 Å². The Kier molecular flexibility index (Phi) is 3.82. The Balaban J connectivity index is 2.16. The molecule has 0 fully saturated rings. The summed E-state index contributed by atoms with van der Waals surface area (Å²) in [6.45, 7) is 1.81. The second kappa shape index (κ2) is 5.17. The van der Waals surface area contributed by atoms with Crippen molar-refractivity contribution in [3.05, 3.63) is 56.5 Å². The lowest BCUT2D eigenvalue weighted by Crippen LogP contribution is -2.01. The zero-order chi connectivity index (χ0) is 12.4. The third-order valence-electron chi connectivity index (χ3n) is 2.47. The van der Waals surface area contributed by atoms with E-state index < -0.39 is 6.10 Å². The number of aryl methyl sites for hydroxylation is 1. The number of hydrogen-bond acceptors (Lipinski definition) is 2. The summed E-state index contributed by atoms with van der Waals surface area (Å²) in [7, 11) is 0. The van der Waals surface area contributed by atoms with Crippen LogP contribution in [0.5, 0.6) is 0 Å². The lowest BCUT2D eigenvalue weighted by Gasteiger charge is -2.10. The zero-order valence-corrected chi connectivity index (χ0v) is 10.9. The Labute approximate surface area is 108 Å². The first-order valence-corrected chi connectivity index (χ1v) is 6.43. The van der Waals surface area contributed by atoms with Crippen LogP contribution in [0.2, 0.25) is 4.34 Å². The van der Waals surface area contributed by atoms with Gasteiger partial charge in [-0.15, -0.1) is 11.3 Å². The Morgan fingerprint density at radius 3 is 2.71 bits per heavy atom. The van der Waals surface area contributed by atoms with Crippen molar-refractivity contribution in [2.75, 3.05) is 0 Å². The minimum Gasteiger partial charge on any atom is -0.388 e. The summed E-state index contributed by atoms with van der Waals surface area (Å²) in [5.74, 6) is -0.316. The van der Waals surface area contributed by atoms with E-state index in [2.05, 4.69) is 0 Å². The van der Waals surface area contributed by atoms with Gasteiger partial charge in [-0.2, -0.15) is 0 Å². The van der Waals surface area contributed by atoms with Gasteiger partial charge in [0.25, 0.3) is 0 Å². The molecule has 1 aromatic heterocycles. The van der Waals surface area contributed by atoms with Crippen LogP contribution in [0.1, 0.15) is 22.1 Å². The van der Waals surface area contributed by atoms with E-state index in [1.165, 1.54) is 23.5 Å². The molecular formula is C13H12ClFOS. The van der Waals surface area contributed by atoms with Gasteiger partial charge in [-0.1, -0.05) is 17.7 Å². The molecule has 2 aromatic rings. The number of thiophene rings is 1. The Morgan fingerprint density at radius 2 is 2.12 bits per heavy atom. The molecule has 0 amide bonds. The molecule has 0 aliphatic carbocycles. The van der Waals surface area contributed by atoms with Crippen molar-refractivity contribution < 1.29 is 9.50 Å².